The number of hydrogen-bond donors (Lipinski definition) is 1. The average molecular weight is 341 g/mol. The zero-order valence-electron chi connectivity index (χ0n) is 14.8. The number of nitrogens with one attached hydrogen (secondary N) is 1. The molecule has 1 N–H and O–H groups in total. The van der Waals surface area contributed by atoms with Gasteiger partial charge >= 0.3 is 0 Å². The lowest BCUT2D eigenvalue weighted by Crippen LogP contribution is -2.28. The molecular weight excluding hydrogens is 318 g/mol. The van der Waals surface area contributed by atoms with Crippen molar-refractivity contribution < 1.29 is 19.0 Å². The van der Waals surface area contributed by atoms with Crippen molar-refractivity contribution in [3.63, 3.8) is 0 Å². The zero-order chi connectivity index (χ0) is 17.8. The molecule has 0 fully saturated rings. The van der Waals surface area contributed by atoms with E-state index in [1.165, 1.54) is 0 Å². The van der Waals surface area contributed by atoms with Crippen LogP contribution in [0.1, 0.15) is 29.7 Å². The van der Waals surface area contributed by atoms with Crippen LogP contribution in [0.4, 0.5) is 0 Å². The number of carbonyl (C=O) groups excluding carboxylic acids is 1. The SMILES string of the molecule is COc1cc(CC(=O)NC(C)c2ccc3c(c2)OCCO3)ccc1C. The minimum atomic E-state index is -0.115. The zero-order valence-corrected chi connectivity index (χ0v) is 14.8. The van der Waals surface area contributed by atoms with Crippen molar-refractivity contribution in [1.29, 1.82) is 0 Å². The Labute approximate surface area is 147 Å². The van der Waals surface area contributed by atoms with Crippen LogP contribution in [0, 0.1) is 6.92 Å². The lowest BCUT2D eigenvalue weighted by atomic mass is 10.1. The second-order valence-electron chi connectivity index (χ2n) is 6.17. The number of methoxy groups -OCH3 is 1. The highest BCUT2D eigenvalue weighted by atomic mass is 16.6. The van der Waals surface area contributed by atoms with E-state index in [0.29, 0.717) is 19.6 Å². The summed E-state index contributed by atoms with van der Waals surface area (Å²) in [5.41, 5.74) is 2.96. The van der Waals surface area contributed by atoms with Crippen molar-refractivity contribution >= 4 is 5.91 Å². The summed E-state index contributed by atoms with van der Waals surface area (Å²) < 4.78 is 16.4. The lowest BCUT2D eigenvalue weighted by molar-refractivity contribution is -0.121. The minimum absolute atomic E-state index is 0.0340. The Morgan fingerprint density at radius 2 is 1.92 bits per heavy atom. The third-order valence-electron chi connectivity index (χ3n) is 4.28. The molecule has 0 radical (unpaired) electrons. The van der Waals surface area contributed by atoms with Gasteiger partial charge < -0.3 is 19.5 Å². The largest absolute Gasteiger partial charge is 0.496 e. The Hall–Kier alpha value is -2.69. The van der Waals surface area contributed by atoms with Crippen molar-refractivity contribution in [3.05, 3.63) is 53.1 Å². The van der Waals surface area contributed by atoms with Gasteiger partial charge in [0.05, 0.1) is 19.6 Å². The van der Waals surface area contributed by atoms with Crippen LogP contribution in [-0.2, 0) is 11.2 Å². The molecule has 1 amide bonds. The monoisotopic (exact) mass is 341 g/mol. The first kappa shape index (κ1) is 17.1. The van der Waals surface area contributed by atoms with Gasteiger partial charge in [-0.1, -0.05) is 18.2 Å². The molecule has 0 saturated carbocycles. The van der Waals surface area contributed by atoms with E-state index in [1.54, 1.807) is 7.11 Å². The van der Waals surface area contributed by atoms with Crippen LogP contribution in [0.5, 0.6) is 17.2 Å². The standard InChI is InChI=1S/C20H23NO4/c1-13-4-5-15(10-18(13)23-3)11-20(22)21-14(2)16-6-7-17-19(12-16)25-9-8-24-17/h4-7,10,12,14H,8-9,11H2,1-3H3,(H,21,22). The van der Waals surface area contributed by atoms with Crippen LogP contribution in [0.25, 0.3) is 0 Å². The molecule has 0 bridgehead atoms. The third-order valence-corrected chi connectivity index (χ3v) is 4.28. The Balaban J connectivity index is 1.64. The molecule has 1 heterocycles. The molecule has 3 rings (SSSR count). The molecule has 0 spiro atoms. The molecule has 1 atom stereocenters. The molecule has 1 unspecified atom stereocenters. The summed E-state index contributed by atoms with van der Waals surface area (Å²) >= 11 is 0. The number of rotatable bonds is 5. The van der Waals surface area contributed by atoms with Gasteiger partial charge in [0.2, 0.25) is 5.91 Å². The van der Waals surface area contributed by atoms with E-state index in [2.05, 4.69) is 5.32 Å². The van der Waals surface area contributed by atoms with Gasteiger partial charge in [0.25, 0.3) is 0 Å². The van der Waals surface area contributed by atoms with Gasteiger partial charge in [0.15, 0.2) is 11.5 Å². The fourth-order valence-electron chi connectivity index (χ4n) is 2.86. The van der Waals surface area contributed by atoms with Crippen LogP contribution in [0.2, 0.25) is 0 Å². The Bertz CT molecular complexity index is 772. The van der Waals surface area contributed by atoms with Crippen molar-refractivity contribution in [1.82, 2.24) is 5.32 Å². The Kier molecular flexibility index (Phi) is 5.12. The number of amides is 1. The van der Waals surface area contributed by atoms with Crippen LogP contribution in [0.3, 0.4) is 0 Å². The number of fused-ring (bicyclic) bond motifs is 1. The van der Waals surface area contributed by atoms with Crippen LogP contribution >= 0.6 is 0 Å². The number of carbonyl (C=O) groups is 1. The smallest absolute Gasteiger partial charge is 0.224 e. The quantitative estimate of drug-likeness (QED) is 0.907. The molecule has 2 aromatic carbocycles. The van der Waals surface area contributed by atoms with Gasteiger partial charge in [-0.2, -0.15) is 0 Å². The van der Waals surface area contributed by atoms with E-state index in [1.807, 2.05) is 50.2 Å². The predicted molar refractivity (Wildman–Crippen MR) is 95.4 cm³/mol. The molecule has 2 aromatic rings. The maximum absolute atomic E-state index is 12.4. The summed E-state index contributed by atoms with van der Waals surface area (Å²) in [6.45, 7) is 5.05. The molecule has 0 saturated heterocycles. The second kappa shape index (κ2) is 7.47. The molecule has 25 heavy (non-hydrogen) atoms. The summed E-state index contributed by atoms with van der Waals surface area (Å²) in [5, 5.41) is 3.03. The van der Waals surface area contributed by atoms with Gasteiger partial charge in [-0.3, -0.25) is 4.79 Å². The van der Waals surface area contributed by atoms with Gasteiger partial charge in [-0.05, 0) is 48.7 Å². The van der Waals surface area contributed by atoms with Crippen molar-refractivity contribution in [2.45, 2.75) is 26.3 Å². The molecule has 5 nitrogen and oxygen atoms in total. The Morgan fingerprint density at radius 3 is 2.68 bits per heavy atom. The lowest BCUT2D eigenvalue weighted by Gasteiger charge is -2.21. The van der Waals surface area contributed by atoms with Crippen LogP contribution in [0.15, 0.2) is 36.4 Å². The highest BCUT2D eigenvalue weighted by Crippen LogP contribution is 2.32. The number of aryl methyl sites for hydroxylation is 1. The first-order valence-corrected chi connectivity index (χ1v) is 8.39. The minimum Gasteiger partial charge on any atom is -0.496 e. The molecule has 0 aliphatic carbocycles. The summed E-state index contributed by atoms with van der Waals surface area (Å²) in [4.78, 5) is 12.4. The van der Waals surface area contributed by atoms with Gasteiger partial charge in [-0.25, -0.2) is 0 Å². The molecule has 132 valence electrons. The molecule has 5 heteroatoms. The molecular formula is C20H23NO4. The average Bonchev–Trinajstić information content (AvgIpc) is 2.62. The molecule has 1 aliphatic rings. The second-order valence-corrected chi connectivity index (χ2v) is 6.17. The van der Waals surface area contributed by atoms with Crippen LogP contribution in [-0.4, -0.2) is 26.2 Å². The van der Waals surface area contributed by atoms with Crippen molar-refractivity contribution in [3.8, 4) is 17.2 Å². The van der Waals surface area contributed by atoms with Gasteiger partial charge in [0, 0.05) is 0 Å². The molecule has 0 aromatic heterocycles. The van der Waals surface area contributed by atoms with E-state index in [-0.39, 0.29) is 11.9 Å². The van der Waals surface area contributed by atoms with E-state index < -0.39 is 0 Å². The highest BCUT2D eigenvalue weighted by molar-refractivity contribution is 5.79. The third kappa shape index (κ3) is 4.05. The number of hydrogen-bond acceptors (Lipinski definition) is 4. The number of ether oxygens (including phenoxy) is 3. The van der Waals surface area contributed by atoms with Gasteiger partial charge in [-0.15, -0.1) is 0 Å². The number of benzene rings is 2. The summed E-state index contributed by atoms with van der Waals surface area (Å²) in [6.07, 6.45) is 0.311. The van der Waals surface area contributed by atoms with Gasteiger partial charge in [0.1, 0.15) is 19.0 Å². The van der Waals surface area contributed by atoms with Crippen molar-refractivity contribution in [2.24, 2.45) is 0 Å². The van der Waals surface area contributed by atoms with E-state index in [4.69, 9.17) is 14.2 Å². The first-order chi connectivity index (χ1) is 12.1. The van der Waals surface area contributed by atoms with E-state index in [0.717, 1.165) is 33.9 Å². The fraction of sp³-hybridized carbons (Fsp3) is 0.350. The maximum Gasteiger partial charge on any atom is 0.224 e. The first-order valence-electron chi connectivity index (χ1n) is 8.39. The summed E-state index contributed by atoms with van der Waals surface area (Å²) in [5.74, 6) is 2.24. The summed E-state index contributed by atoms with van der Waals surface area (Å²) in [6, 6.07) is 11.5. The van der Waals surface area contributed by atoms with Crippen LogP contribution < -0.4 is 19.5 Å². The maximum atomic E-state index is 12.4. The van der Waals surface area contributed by atoms with E-state index >= 15 is 0 Å². The normalized spacial score (nSPS) is 13.9. The highest BCUT2D eigenvalue weighted by Gasteiger charge is 2.16. The molecule has 1 aliphatic heterocycles. The predicted octanol–water partition coefficient (Wildman–Crippen LogP) is 3.19. The van der Waals surface area contributed by atoms with Crippen molar-refractivity contribution in [2.75, 3.05) is 20.3 Å². The Morgan fingerprint density at radius 1 is 1.16 bits per heavy atom. The fourth-order valence-corrected chi connectivity index (χ4v) is 2.86. The topological polar surface area (TPSA) is 56.8 Å². The summed E-state index contributed by atoms with van der Waals surface area (Å²) in [7, 11) is 1.64. The van der Waals surface area contributed by atoms with E-state index in [9.17, 15) is 4.79 Å².